The van der Waals surface area contributed by atoms with Crippen molar-refractivity contribution in [3.05, 3.63) is 74.3 Å². The molecule has 2 aromatic rings. The molecule has 24 heavy (non-hydrogen) atoms. The van der Waals surface area contributed by atoms with Crippen molar-refractivity contribution in [1.82, 2.24) is 4.90 Å². The zero-order valence-corrected chi connectivity index (χ0v) is 14.1. The minimum Gasteiger partial charge on any atom is -0.465 e. The Hall–Kier alpha value is -2.44. The van der Waals surface area contributed by atoms with Crippen LogP contribution in [0, 0.1) is 10.1 Å². The molecule has 0 aromatic heterocycles. The monoisotopic (exact) mass is 348 g/mol. The third-order valence-corrected chi connectivity index (χ3v) is 3.85. The summed E-state index contributed by atoms with van der Waals surface area (Å²) in [7, 11) is 3.21. The van der Waals surface area contributed by atoms with Gasteiger partial charge < -0.3 is 4.74 Å². The molecule has 2 aromatic carbocycles. The number of hydrogen-bond donors (Lipinski definition) is 0. The van der Waals surface area contributed by atoms with E-state index in [4.69, 9.17) is 16.3 Å². The third-order valence-electron chi connectivity index (χ3n) is 3.48. The minimum atomic E-state index is -0.445. The summed E-state index contributed by atoms with van der Waals surface area (Å²) in [6.45, 7) is 1.01. The number of methoxy groups -OCH3 is 1. The predicted molar refractivity (Wildman–Crippen MR) is 91.1 cm³/mol. The van der Waals surface area contributed by atoms with Crippen LogP contribution in [-0.2, 0) is 17.8 Å². The first-order valence-electron chi connectivity index (χ1n) is 7.19. The summed E-state index contributed by atoms with van der Waals surface area (Å²) in [6.07, 6.45) is 0. The largest absolute Gasteiger partial charge is 0.465 e. The van der Waals surface area contributed by atoms with Crippen molar-refractivity contribution in [2.75, 3.05) is 14.2 Å². The normalized spacial score (nSPS) is 10.7. The molecule has 0 spiro atoms. The number of halogens is 1. The zero-order chi connectivity index (χ0) is 17.7. The number of nitro benzene ring substituents is 1. The van der Waals surface area contributed by atoms with E-state index in [1.807, 2.05) is 18.0 Å². The number of ether oxygens (including phenoxy) is 1. The van der Waals surface area contributed by atoms with Crippen LogP contribution in [0.15, 0.2) is 42.5 Å². The fourth-order valence-electron chi connectivity index (χ4n) is 2.37. The molecule has 0 fully saturated rings. The Balaban J connectivity index is 2.11. The summed E-state index contributed by atoms with van der Waals surface area (Å²) in [6, 6.07) is 11.5. The van der Waals surface area contributed by atoms with Gasteiger partial charge in [0, 0.05) is 30.2 Å². The van der Waals surface area contributed by atoms with E-state index in [1.54, 1.807) is 18.2 Å². The van der Waals surface area contributed by atoms with E-state index < -0.39 is 4.92 Å². The van der Waals surface area contributed by atoms with E-state index in [-0.39, 0.29) is 11.7 Å². The van der Waals surface area contributed by atoms with Crippen LogP contribution in [0.5, 0.6) is 0 Å². The van der Waals surface area contributed by atoms with Gasteiger partial charge in [-0.3, -0.25) is 15.0 Å². The SMILES string of the molecule is COC(=O)c1cccc(CN(C)Cc2cc([N+](=O)[O-])ccc2Cl)c1. The Bertz CT molecular complexity index is 764. The quantitative estimate of drug-likeness (QED) is 0.452. The molecular formula is C17H17ClN2O4. The van der Waals surface area contributed by atoms with E-state index in [9.17, 15) is 14.9 Å². The highest BCUT2D eigenvalue weighted by Gasteiger charge is 2.12. The standard InChI is InChI=1S/C17H17ClN2O4/c1-19(10-12-4-3-5-13(8-12)17(21)24-2)11-14-9-15(20(22)23)6-7-16(14)18/h3-9H,10-11H2,1-2H3. The molecule has 0 aliphatic rings. The summed E-state index contributed by atoms with van der Waals surface area (Å²) >= 11 is 6.12. The van der Waals surface area contributed by atoms with Gasteiger partial charge in [-0.05, 0) is 36.4 Å². The Labute approximate surface area is 144 Å². The van der Waals surface area contributed by atoms with Crippen LogP contribution in [0.4, 0.5) is 5.69 Å². The maximum atomic E-state index is 11.6. The van der Waals surface area contributed by atoms with Gasteiger partial charge in [0.1, 0.15) is 0 Å². The molecule has 6 nitrogen and oxygen atoms in total. The zero-order valence-electron chi connectivity index (χ0n) is 13.4. The second kappa shape index (κ2) is 7.90. The fraction of sp³-hybridized carbons (Fsp3) is 0.235. The highest BCUT2D eigenvalue weighted by molar-refractivity contribution is 6.31. The van der Waals surface area contributed by atoms with Gasteiger partial charge in [-0.2, -0.15) is 0 Å². The number of benzene rings is 2. The van der Waals surface area contributed by atoms with Crippen LogP contribution in [0.2, 0.25) is 5.02 Å². The van der Waals surface area contributed by atoms with Crippen molar-refractivity contribution in [3.8, 4) is 0 Å². The molecule has 0 N–H and O–H groups in total. The summed E-state index contributed by atoms with van der Waals surface area (Å²) in [5.41, 5.74) is 2.10. The first-order chi connectivity index (χ1) is 11.4. The fourth-order valence-corrected chi connectivity index (χ4v) is 2.55. The molecule has 0 aliphatic carbocycles. The molecule has 0 amide bonds. The third kappa shape index (κ3) is 4.53. The molecule has 0 radical (unpaired) electrons. The van der Waals surface area contributed by atoms with Gasteiger partial charge in [-0.1, -0.05) is 23.7 Å². The Morgan fingerprint density at radius 3 is 2.67 bits per heavy atom. The number of esters is 1. The second-order valence-electron chi connectivity index (χ2n) is 5.40. The van der Waals surface area contributed by atoms with Crippen molar-refractivity contribution in [2.45, 2.75) is 13.1 Å². The number of non-ortho nitro benzene ring substituents is 1. The summed E-state index contributed by atoms with van der Waals surface area (Å²) in [5, 5.41) is 11.4. The van der Waals surface area contributed by atoms with E-state index in [1.165, 1.54) is 25.3 Å². The lowest BCUT2D eigenvalue weighted by molar-refractivity contribution is -0.384. The number of hydrogen-bond acceptors (Lipinski definition) is 5. The van der Waals surface area contributed by atoms with Crippen molar-refractivity contribution in [1.29, 1.82) is 0 Å². The minimum absolute atomic E-state index is 0.00971. The molecule has 0 bridgehead atoms. The van der Waals surface area contributed by atoms with Gasteiger partial charge in [-0.15, -0.1) is 0 Å². The van der Waals surface area contributed by atoms with Crippen molar-refractivity contribution in [2.24, 2.45) is 0 Å². The van der Waals surface area contributed by atoms with E-state index in [0.29, 0.717) is 29.2 Å². The smallest absolute Gasteiger partial charge is 0.337 e. The molecule has 0 unspecified atom stereocenters. The van der Waals surface area contributed by atoms with Crippen LogP contribution in [0.3, 0.4) is 0 Å². The second-order valence-corrected chi connectivity index (χ2v) is 5.80. The molecule has 0 saturated carbocycles. The molecule has 7 heteroatoms. The van der Waals surface area contributed by atoms with Crippen LogP contribution in [0.25, 0.3) is 0 Å². The number of rotatable bonds is 6. The Morgan fingerprint density at radius 1 is 1.25 bits per heavy atom. The lowest BCUT2D eigenvalue weighted by Crippen LogP contribution is -2.18. The average molecular weight is 349 g/mol. The number of carbonyl (C=O) groups excluding carboxylic acids is 1. The topological polar surface area (TPSA) is 72.7 Å². The van der Waals surface area contributed by atoms with Gasteiger partial charge in [0.15, 0.2) is 0 Å². The van der Waals surface area contributed by atoms with Gasteiger partial charge >= 0.3 is 5.97 Å². The summed E-state index contributed by atoms with van der Waals surface area (Å²) in [4.78, 5) is 24.0. The van der Waals surface area contributed by atoms with Gasteiger partial charge in [0.2, 0.25) is 0 Å². The van der Waals surface area contributed by atoms with Crippen molar-refractivity contribution < 1.29 is 14.5 Å². The van der Waals surface area contributed by atoms with Crippen LogP contribution < -0.4 is 0 Å². The highest BCUT2D eigenvalue weighted by atomic mass is 35.5. The van der Waals surface area contributed by atoms with E-state index in [0.717, 1.165) is 5.56 Å². The van der Waals surface area contributed by atoms with Crippen LogP contribution in [0.1, 0.15) is 21.5 Å². The van der Waals surface area contributed by atoms with Gasteiger partial charge in [0.05, 0.1) is 17.6 Å². The first kappa shape index (κ1) is 17.9. The van der Waals surface area contributed by atoms with Crippen LogP contribution >= 0.6 is 11.6 Å². The Kier molecular flexibility index (Phi) is 5.89. The lowest BCUT2D eigenvalue weighted by atomic mass is 10.1. The molecular weight excluding hydrogens is 332 g/mol. The average Bonchev–Trinajstić information content (AvgIpc) is 2.56. The molecule has 0 atom stereocenters. The molecule has 0 aliphatic heterocycles. The number of nitrogens with zero attached hydrogens (tertiary/aromatic N) is 2. The summed E-state index contributed by atoms with van der Waals surface area (Å²) < 4.78 is 4.71. The van der Waals surface area contributed by atoms with Crippen LogP contribution in [-0.4, -0.2) is 29.9 Å². The molecule has 0 heterocycles. The number of nitro groups is 1. The van der Waals surface area contributed by atoms with Crippen molar-refractivity contribution in [3.63, 3.8) is 0 Å². The van der Waals surface area contributed by atoms with E-state index >= 15 is 0 Å². The summed E-state index contributed by atoms with van der Waals surface area (Å²) in [5.74, 6) is -0.388. The lowest BCUT2D eigenvalue weighted by Gasteiger charge is -2.18. The van der Waals surface area contributed by atoms with Gasteiger partial charge in [0.25, 0.3) is 5.69 Å². The molecule has 0 saturated heterocycles. The maximum Gasteiger partial charge on any atom is 0.337 e. The first-order valence-corrected chi connectivity index (χ1v) is 7.57. The highest BCUT2D eigenvalue weighted by Crippen LogP contribution is 2.23. The predicted octanol–water partition coefficient (Wildman–Crippen LogP) is 3.67. The van der Waals surface area contributed by atoms with E-state index in [2.05, 4.69) is 0 Å². The van der Waals surface area contributed by atoms with Gasteiger partial charge in [-0.25, -0.2) is 4.79 Å². The molecule has 126 valence electrons. The number of carbonyl (C=O) groups is 1. The molecule has 2 rings (SSSR count). The maximum absolute atomic E-state index is 11.6. The Morgan fingerprint density at radius 2 is 2.00 bits per heavy atom. The van der Waals surface area contributed by atoms with Crippen molar-refractivity contribution >= 4 is 23.3 Å².